The summed E-state index contributed by atoms with van der Waals surface area (Å²) in [7, 11) is -2.29. The number of aromatic nitrogens is 2. The van der Waals surface area contributed by atoms with Crippen LogP contribution in [0.5, 0.6) is 0 Å². The van der Waals surface area contributed by atoms with Crippen molar-refractivity contribution in [3.8, 4) is 0 Å². The number of anilines is 1. The summed E-state index contributed by atoms with van der Waals surface area (Å²) in [5.41, 5.74) is -1.52. The Morgan fingerprint density at radius 2 is 1.71 bits per heavy atom. The lowest BCUT2D eigenvalue weighted by Crippen LogP contribution is -2.60. The number of halogens is 3. The molecular weight excluding hydrogens is 571 g/mol. The molecule has 10 nitrogen and oxygen atoms in total. The topological polar surface area (TPSA) is 106 Å². The number of likely N-dealkylation sites (tertiary alicyclic amines) is 1. The predicted octanol–water partition coefficient (Wildman–Crippen LogP) is 5.00. The molecule has 3 rings (SSSR count). The molecule has 1 N–H and O–H groups in total. The number of nitrogens with zero attached hydrogens (tertiary/aromatic N) is 4. The number of piperidine rings is 1. The van der Waals surface area contributed by atoms with E-state index in [1.165, 1.54) is 0 Å². The normalized spacial score (nSPS) is 23.2. The number of carbonyl (C=O) groups is 2. The molecule has 3 heterocycles. The maximum absolute atomic E-state index is 13.5. The lowest BCUT2D eigenvalue weighted by molar-refractivity contribution is -0.141. The molecule has 0 bridgehead atoms. The second kappa shape index (κ2) is 12.6. The molecule has 1 aromatic heterocycles. The first-order valence-electron chi connectivity index (χ1n) is 14.4. The first kappa shape index (κ1) is 34.0. The van der Waals surface area contributed by atoms with Crippen LogP contribution in [-0.2, 0) is 24.9 Å². The molecule has 0 spiro atoms. The largest absolute Gasteiger partial charge is 0.444 e. The lowest BCUT2D eigenvalue weighted by atomic mass is 10.0. The van der Waals surface area contributed by atoms with E-state index in [0.717, 1.165) is 12.4 Å². The fourth-order valence-corrected chi connectivity index (χ4v) is 6.06. The summed E-state index contributed by atoms with van der Waals surface area (Å²) in [4.78, 5) is 37.2. The van der Waals surface area contributed by atoms with Crippen LogP contribution in [-0.4, -0.2) is 91.3 Å². The van der Waals surface area contributed by atoms with Gasteiger partial charge in [-0.05, 0) is 52.2 Å². The molecule has 14 heteroatoms. The molecule has 0 radical (unpaired) electrons. The third-order valence-corrected chi connectivity index (χ3v) is 12.4. The Balaban J connectivity index is 1.70. The Labute approximate surface area is 247 Å². The smallest absolute Gasteiger partial charge is 0.419 e. The summed E-state index contributed by atoms with van der Waals surface area (Å²) in [6.07, 6.45) is -3.46. The van der Waals surface area contributed by atoms with Crippen molar-refractivity contribution in [2.75, 3.05) is 31.1 Å². The van der Waals surface area contributed by atoms with E-state index in [1.807, 2.05) is 9.80 Å². The Morgan fingerprint density at radius 3 is 2.26 bits per heavy atom. The van der Waals surface area contributed by atoms with E-state index in [9.17, 15) is 22.8 Å². The van der Waals surface area contributed by atoms with Crippen LogP contribution in [0.25, 0.3) is 0 Å². The zero-order chi connectivity index (χ0) is 31.7. The number of alkyl halides is 3. The van der Waals surface area contributed by atoms with Crippen molar-refractivity contribution < 1.29 is 36.7 Å². The summed E-state index contributed by atoms with van der Waals surface area (Å²) < 4.78 is 57.2. The van der Waals surface area contributed by atoms with E-state index >= 15 is 0 Å². The molecule has 4 atom stereocenters. The number of rotatable bonds is 8. The van der Waals surface area contributed by atoms with Gasteiger partial charge in [0.15, 0.2) is 8.32 Å². The molecule has 2 fully saturated rings. The van der Waals surface area contributed by atoms with Gasteiger partial charge in [-0.3, -0.25) is 4.79 Å². The van der Waals surface area contributed by atoms with Crippen LogP contribution in [0.3, 0.4) is 0 Å². The molecule has 42 heavy (non-hydrogen) atoms. The fourth-order valence-electron chi connectivity index (χ4n) is 4.71. The van der Waals surface area contributed by atoms with Gasteiger partial charge in [-0.2, -0.15) is 13.2 Å². The van der Waals surface area contributed by atoms with E-state index in [0.29, 0.717) is 32.5 Å². The molecule has 2 aliphatic rings. The molecule has 2 amide bonds. The van der Waals surface area contributed by atoms with E-state index in [2.05, 4.69) is 49.1 Å². The molecule has 0 aromatic carbocycles. The van der Waals surface area contributed by atoms with Crippen molar-refractivity contribution in [1.29, 1.82) is 0 Å². The Kier molecular flexibility index (Phi) is 10.3. The van der Waals surface area contributed by atoms with E-state index < -0.39 is 37.9 Å². The number of hydrogen-bond donors (Lipinski definition) is 1. The minimum Gasteiger partial charge on any atom is -0.444 e. The van der Waals surface area contributed by atoms with Gasteiger partial charge >= 0.3 is 12.3 Å². The van der Waals surface area contributed by atoms with Gasteiger partial charge in [0, 0.05) is 38.4 Å². The summed E-state index contributed by atoms with van der Waals surface area (Å²) in [5, 5.41) is 2.63. The number of carbonyl (C=O) groups excluding carboxylic acids is 2. The van der Waals surface area contributed by atoms with Crippen LogP contribution >= 0.6 is 0 Å². The van der Waals surface area contributed by atoms with Gasteiger partial charge in [0.1, 0.15) is 11.7 Å². The predicted molar refractivity (Wildman–Crippen MR) is 155 cm³/mol. The number of ether oxygens (including phenoxy) is 2. The van der Waals surface area contributed by atoms with Gasteiger partial charge in [-0.15, -0.1) is 0 Å². The van der Waals surface area contributed by atoms with Crippen LogP contribution in [0.2, 0.25) is 18.1 Å². The van der Waals surface area contributed by atoms with E-state index in [-0.39, 0.29) is 41.7 Å². The quantitative estimate of drug-likeness (QED) is 0.407. The van der Waals surface area contributed by atoms with Crippen LogP contribution in [0, 0.1) is 0 Å². The Hall–Kier alpha value is -2.45. The van der Waals surface area contributed by atoms with Crippen molar-refractivity contribution in [2.24, 2.45) is 0 Å². The van der Waals surface area contributed by atoms with Gasteiger partial charge in [0.05, 0.1) is 30.4 Å². The number of nitrogens with one attached hydrogen (secondary N) is 1. The molecule has 0 saturated carbocycles. The fraction of sp³-hybridized carbons (Fsp3) is 0.786. The van der Waals surface area contributed by atoms with Crippen LogP contribution < -0.4 is 10.2 Å². The van der Waals surface area contributed by atoms with Crippen molar-refractivity contribution in [3.63, 3.8) is 0 Å². The average molecular weight is 618 g/mol. The highest BCUT2D eigenvalue weighted by Crippen LogP contribution is 2.39. The summed E-state index contributed by atoms with van der Waals surface area (Å²) in [6, 6.07) is -0.591. The first-order chi connectivity index (χ1) is 19.2. The Morgan fingerprint density at radius 1 is 1.10 bits per heavy atom. The lowest BCUT2D eigenvalue weighted by Gasteiger charge is -2.47. The van der Waals surface area contributed by atoms with Crippen molar-refractivity contribution >= 4 is 26.3 Å². The number of hydrogen-bond acceptors (Lipinski definition) is 8. The molecule has 1 aromatic rings. The maximum atomic E-state index is 13.5. The van der Waals surface area contributed by atoms with Gasteiger partial charge in [0.25, 0.3) is 5.91 Å². The molecule has 2 aliphatic heterocycles. The number of alkyl carbamates (subject to hydrolysis) is 1. The second-order valence-electron chi connectivity index (χ2n) is 13.7. The summed E-state index contributed by atoms with van der Waals surface area (Å²) in [5.74, 6) is 0.0678. The van der Waals surface area contributed by atoms with Crippen molar-refractivity contribution in [2.45, 2.75) is 116 Å². The maximum Gasteiger partial charge on any atom is 0.419 e. The van der Waals surface area contributed by atoms with Crippen LogP contribution in [0.1, 0.15) is 66.9 Å². The van der Waals surface area contributed by atoms with Gasteiger partial charge in [-0.1, -0.05) is 20.8 Å². The highest BCUT2D eigenvalue weighted by atomic mass is 28.4. The average Bonchev–Trinajstić information content (AvgIpc) is 3.20. The van der Waals surface area contributed by atoms with Crippen molar-refractivity contribution in [3.05, 3.63) is 18.0 Å². The third-order valence-electron chi connectivity index (χ3n) is 7.93. The second-order valence-corrected chi connectivity index (χ2v) is 18.4. The molecular formula is C28H46F3N5O5Si. The van der Waals surface area contributed by atoms with E-state index in [1.54, 1.807) is 27.7 Å². The van der Waals surface area contributed by atoms with Gasteiger partial charge < -0.3 is 29.0 Å². The van der Waals surface area contributed by atoms with Crippen LogP contribution in [0.4, 0.5) is 23.9 Å². The number of amides is 2. The molecule has 1 unspecified atom stereocenters. The zero-order valence-electron chi connectivity index (χ0n) is 26.2. The Bertz CT molecular complexity index is 1090. The zero-order valence-corrected chi connectivity index (χ0v) is 27.2. The van der Waals surface area contributed by atoms with Gasteiger partial charge in [0.2, 0.25) is 5.95 Å². The van der Waals surface area contributed by atoms with E-state index in [4.69, 9.17) is 13.9 Å². The highest BCUT2D eigenvalue weighted by Gasteiger charge is 2.47. The third kappa shape index (κ3) is 8.79. The van der Waals surface area contributed by atoms with Crippen LogP contribution in [0.15, 0.2) is 12.4 Å². The van der Waals surface area contributed by atoms with Gasteiger partial charge in [-0.25, -0.2) is 14.8 Å². The molecule has 238 valence electrons. The first-order valence-corrected chi connectivity index (χ1v) is 17.3. The minimum absolute atomic E-state index is 0.0946. The van der Waals surface area contributed by atoms with Crippen molar-refractivity contribution in [1.82, 2.24) is 20.2 Å². The SMILES string of the molecule is CC(CO[C@@H]1CCN([C@@H]2CCN(c3ncc(C(F)(F)F)cn3)C[C@@H]2O[Si](C)(C)C(C)(C)C)C1=O)NC(=O)OC(C)(C)C. The molecule has 0 aliphatic carbocycles. The monoisotopic (exact) mass is 617 g/mol. The molecule has 2 saturated heterocycles. The summed E-state index contributed by atoms with van der Waals surface area (Å²) in [6.45, 7) is 19.2. The summed E-state index contributed by atoms with van der Waals surface area (Å²) >= 11 is 0. The minimum atomic E-state index is -4.52. The highest BCUT2D eigenvalue weighted by molar-refractivity contribution is 6.74. The standard InChI is InChI=1S/C28H46F3N5O5Si/c1-18(34-25(38)40-26(2,3)4)17-39-21-11-13-36(23(21)37)20-10-12-35(16-22(20)41-42(8,9)27(5,6)7)24-32-14-19(15-33-24)28(29,30)31/h14-15,18,20-22H,10-13,16-17H2,1-9H3,(H,34,38)/t18?,20-,21-,22+/m1/s1.